The Bertz CT molecular complexity index is 335. The maximum absolute atomic E-state index is 10.8. The van der Waals surface area contributed by atoms with Gasteiger partial charge in [0.1, 0.15) is 12.1 Å². The lowest BCUT2D eigenvalue weighted by molar-refractivity contribution is -0.143. The SMILES string of the molecule is CCC(C)C(N)C(=O)O.CCCC(=O)NC(CO)C(=O)O. The topological polar surface area (TPSA) is 150 Å². The first-order valence-electron chi connectivity index (χ1n) is 6.82. The Balaban J connectivity index is 0. The Morgan fingerprint density at radius 1 is 1.14 bits per heavy atom. The molecular formula is C13H26N2O6. The van der Waals surface area contributed by atoms with Crippen molar-refractivity contribution in [2.75, 3.05) is 6.61 Å². The highest BCUT2D eigenvalue weighted by Gasteiger charge is 2.18. The number of carboxylic acids is 2. The van der Waals surface area contributed by atoms with E-state index in [-0.39, 0.29) is 18.2 Å². The third-order valence-corrected chi connectivity index (χ3v) is 2.84. The van der Waals surface area contributed by atoms with Crippen molar-refractivity contribution in [2.24, 2.45) is 11.7 Å². The molecule has 3 atom stereocenters. The predicted molar refractivity (Wildman–Crippen MR) is 76.6 cm³/mol. The van der Waals surface area contributed by atoms with Gasteiger partial charge in [-0.2, -0.15) is 0 Å². The van der Waals surface area contributed by atoms with Gasteiger partial charge in [0.15, 0.2) is 0 Å². The quantitative estimate of drug-likeness (QED) is 0.416. The molecule has 0 radical (unpaired) electrons. The van der Waals surface area contributed by atoms with Gasteiger partial charge in [0, 0.05) is 6.42 Å². The minimum Gasteiger partial charge on any atom is -0.480 e. The monoisotopic (exact) mass is 306 g/mol. The minimum atomic E-state index is -1.22. The van der Waals surface area contributed by atoms with Crippen LogP contribution in [-0.2, 0) is 14.4 Å². The molecule has 21 heavy (non-hydrogen) atoms. The number of aliphatic hydroxyl groups excluding tert-OH is 1. The van der Waals surface area contributed by atoms with Gasteiger partial charge in [0.25, 0.3) is 0 Å². The highest BCUT2D eigenvalue weighted by Crippen LogP contribution is 2.04. The van der Waals surface area contributed by atoms with E-state index >= 15 is 0 Å². The van der Waals surface area contributed by atoms with E-state index < -0.39 is 30.6 Å². The van der Waals surface area contributed by atoms with E-state index in [1.54, 1.807) is 0 Å². The van der Waals surface area contributed by atoms with Crippen LogP contribution in [0, 0.1) is 5.92 Å². The second kappa shape index (κ2) is 12.1. The van der Waals surface area contributed by atoms with E-state index in [9.17, 15) is 14.4 Å². The second-order valence-electron chi connectivity index (χ2n) is 4.64. The third-order valence-electron chi connectivity index (χ3n) is 2.84. The van der Waals surface area contributed by atoms with Gasteiger partial charge >= 0.3 is 11.9 Å². The largest absolute Gasteiger partial charge is 0.480 e. The molecule has 0 heterocycles. The van der Waals surface area contributed by atoms with Crippen LogP contribution >= 0.6 is 0 Å². The molecular weight excluding hydrogens is 280 g/mol. The van der Waals surface area contributed by atoms with Crippen molar-refractivity contribution in [3.05, 3.63) is 0 Å². The molecule has 0 saturated carbocycles. The summed E-state index contributed by atoms with van der Waals surface area (Å²) in [5.74, 6) is -2.41. The summed E-state index contributed by atoms with van der Waals surface area (Å²) in [6.07, 6.45) is 1.75. The Morgan fingerprint density at radius 3 is 1.90 bits per heavy atom. The predicted octanol–water partition coefficient (Wildman–Crippen LogP) is -0.207. The van der Waals surface area contributed by atoms with Gasteiger partial charge in [0.2, 0.25) is 5.91 Å². The fourth-order valence-electron chi connectivity index (χ4n) is 1.18. The van der Waals surface area contributed by atoms with Crippen molar-refractivity contribution < 1.29 is 29.7 Å². The summed E-state index contributed by atoms with van der Waals surface area (Å²) in [4.78, 5) is 31.3. The zero-order valence-corrected chi connectivity index (χ0v) is 12.7. The third kappa shape index (κ3) is 10.7. The number of hydrogen-bond donors (Lipinski definition) is 5. The van der Waals surface area contributed by atoms with E-state index in [1.807, 2.05) is 20.8 Å². The van der Waals surface area contributed by atoms with Crippen molar-refractivity contribution in [2.45, 2.75) is 52.1 Å². The smallest absolute Gasteiger partial charge is 0.328 e. The summed E-state index contributed by atoms with van der Waals surface area (Å²) in [6.45, 7) is 4.99. The first-order chi connectivity index (χ1) is 9.70. The fraction of sp³-hybridized carbons (Fsp3) is 0.769. The molecule has 0 aliphatic rings. The number of amides is 1. The van der Waals surface area contributed by atoms with Crippen LogP contribution in [0.1, 0.15) is 40.0 Å². The number of carbonyl (C=O) groups excluding carboxylic acids is 1. The van der Waals surface area contributed by atoms with Crippen LogP contribution in [0.15, 0.2) is 0 Å². The maximum Gasteiger partial charge on any atom is 0.328 e. The molecule has 0 aliphatic carbocycles. The highest BCUT2D eigenvalue weighted by atomic mass is 16.4. The van der Waals surface area contributed by atoms with Crippen LogP contribution in [0.25, 0.3) is 0 Å². The number of carbonyl (C=O) groups is 3. The van der Waals surface area contributed by atoms with Crippen LogP contribution in [-0.4, -0.2) is 51.9 Å². The summed E-state index contributed by atoms with van der Waals surface area (Å²) in [5.41, 5.74) is 5.27. The fourth-order valence-corrected chi connectivity index (χ4v) is 1.18. The van der Waals surface area contributed by atoms with Crippen molar-refractivity contribution in [3.8, 4) is 0 Å². The molecule has 0 saturated heterocycles. The maximum atomic E-state index is 10.8. The molecule has 8 heteroatoms. The number of carboxylic acid groups (broad SMARTS) is 2. The van der Waals surface area contributed by atoms with E-state index in [0.717, 1.165) is 6.42 Å². The lowest BCUT2D eigenvalue weighted by Crippen LogP contribution is -2.43. The zero-order chi connectivity index (χ0) is 17.0. The molecule has 0 aromatic heterocycles. The molecule has 1 amide bonds. The van der Waals surface area contributed by atoms with Crippen molar-refractivity contribution >= 4 is 17.8 Å². The minimum absolute atomic E-state index is 0.0718. The molecule has 124 valence electrons. The average molecular weight is 306 g/mol. The number of rotatable bonds is 8. The average Bonchev–Trinajstić information content (AvgIpc) is 2.43. The van der Waals surface area contributed by atoms with E-state index in [4.69, 9.17) is 21.1 Å². The zero-order valence-electron chi connectivity index (χ0n) is 12.7. The molecule has 8 nitrogen and oxygen atoms in total. The number of aliphatic hydroxyl groups is 1. The van der Waals surface area contributed by atoms with Gasteiger partial charge in [0.05, 0.1) is 6.61 Å². The van der Waals surface area contributed by atoms with Crippen LogP contribution in [0.4, 0.5) is 0 Å². The molecule has 0 rings (SSSR count). The van der Waals surface area contributed by atoms with Crippen LogP contribution in [0.5, 0.6) is 0 Å². The van der Waals surface area contributed by atoms with Gasteiger partial charge in [-0.25, -0.2) is 4.79 Å². The van der Waals surface area contributed by atoms with Gasteiger partial charge in [-0.05, 0) is 12.3 Å². The molecule has 0 fully saturated rings. The number of hydrogen-bond acceptors (Lipinski definition) is 5. The number of aliphatic carboxylic acids is 2. The van der Waals surface area contributed by atoms with E-state index in [1.165, 1.54) is 0 Å². The molecule has 0 spiro atoms. The van der Waals surface area contributed by atoms with Crippen molar-refractivity contribution in [1.29, 1.82) is 0 Å². The Labute approximate surface area is 124 Å². The Kier molecular flexibility index (Phi) is 12.5. The summed E-state index contributed by atoms with van der Waals surface area (Å²) in [5, 5.41) is 27.5. The summed E-state index contributed by atoms with van der Waals surface area (Å²) < 4.78 is 0. The van der Waals surface area contributed by atoms with Crippen LogP contribution in [0.3, 0.4) is 0 Å². The standard InChI is InChI=1S/C7H13NO4.C6H13NO2/c1-2-3-6(10)8-5(4-9)7(11)12;1-3-4(2)5(7)6(8)9/h5,9H,2-4H2,1H3,(H,8,10)(H,11,12);4-5H,3,7H2,1-2H3,(H,8,9). The van der Waals surface area contributed by atoms with Gasteiger partial charge in [-0.1, -0.05) is 27.2 Å². The van der Waals surface area contributed by atoms with Crippen molar-refractivity contribution in [1.82, 2.24) is 5.32 Å². The lowest BCUT2D eigenvalue weighted by atomic mass is 10.0. The van der Waals surface area contributed by atoms with Crippen LogP contribution in [0.2, 0.25) is 0 Å². The van der Waals surface area contributed by atoms with Crippen molar-refractivity contribution in [3.63, 3.8) is 0 Å². The summed E-state index contributed by atoms with van der Waals surface area (Å²) >= 11 is 0. The molecule has 0 aliphatic heterocycles. The molecule has 0 aromatic rings. The normalized spacial score (nSPS) is 14.1. The summed E-state index contributed by atoms with van der Waals surface area (Å²) in [7, 11) is 0. The van der Waals surface area contributed by atoms with Gasteiger partial charge < -0.3 is 26.4 Å². The first kappa shape index (κ1) is 21.6. The Morgan fingerprint density at radius 2 is 1.67 bits per heavy atom. The van der Waals surface area contributed by atoms with E-state index in [2.05, 4.69) is 5.32 Å². The van der Waals surface area contributed by atoms with Crippen LogP contribution < -0.4 is 11.1 Å². The van der Waals surface area contributed by atoms with Gasteiger partial charge in [-0.15, -0.1) is 0 Å². The first-order valence-corrected chi connectivity index (χ1v) is 6.82. The molecule has 6 N–H and O–H groups in total. The Hall–Kier alpha value is -1.67. The molecule has 0 bridgehead atoms. The second-order valence-corrected chi connectivity index (χ2v) is 4.64. The molecule has 0 aromatic carbocycles. The lowest BCUT2D eigenvalue weighted by Gasteiger charge is -2.11. The van der Waals surface area contributed by atoms with Gasteiger partial charge in [-0.3, -0.25) is 9.59 Å². The highest BCUT2D eigenvalue weighted by molar-refractivity contribution is 5.83. The number of nitrogens with two attached hydrogens (primary N) is 1. The van der Waals surface area contributed by atoms with E-state index in [0.29, 0.717) is 6.42 Å². The number of nitrogens with one attached hydrogen (secondary N) is 1. The molecule has 3 unspecified atom stereocenters. The summed E-state index contributed by atoms with van der Waals surface area (Å²) in [6, 6.07) is -1.88.